The summed E-state index contributed by atoms with van der Waals surface area (Å²) in [4.78, 5) is 64.5. The fourth-order valence-corrected chi connectivity index (χ4v) is 5.84. The summed E-state index contributed by atoms with van der Waals surface area (Å²) in [5.74, 6) is -1.02. The first-order valence-corrected chi connectivity index (χ1v) is 15.8. The number of anilines is 2. The van der Waals surface area contributed by atoms with Gasteiger partial charge in [0.1, 0.15) is 17.5 Å². The molecule has 0 bridgehead atoms. The molecule has 0 aliphatic carbocycles. The Bertz CT molecular complexity index is 1750. The van der Waals surface area contributed by atoms with Crippen molar-refractivity contribution in [3.8, 4) is 0 Å². The van der Waals surface area contributed by atoms with E-state index < -0.39 is 17.9 Å². The summed E-state index contributed by atoms with van der Waals surface area (Å²) in [5.41, 5.74) is 15.5. The normalized spacial score (nSPS) is 13.3. The van der Waals surface area contributed by atoms with E-state index in [0.717, 1.165) is 48.6 Å². The Hall–Kier alpha value is -5.46. The van der Waals surface area contributed by atoms with Gasteiger partial charge in [-0.2, -0.15) is 9.97 Å². The minimum absolute atomic E-state index is 0.124. The summed E-state index contributed by atoms with van der Waals surface area (Å²) in [5, 5.41) is 6.37. The molecule has 0 spiro atoms. The highest BCUT2D eigenvalue weighted by Crippen LogP contribution is 2.24. The highest BCUT2D eigenvalue weighted by atomic mass is 16.5. The van der Waals surface area contributed by atoms with Crippen LogP contribution < -0.4 is 22.1 Å². The van der Waals surface area contributed by atoms with Crippen molar-refractivity contribution >= 4 is 46.5 Å². The molecule has 1 aliphatic rings. The van der Waals surface area contributed by atoms with Crippen molar-refractivity contribution in [2.75, 3.05) is 38.2 Å². The van der Waals surface area contributed by atoms with Crippen LogP contribution in [0.2, 0.25) is 0 Å². The van der Waals surface area contributed by atoms with Crippen LogP contribution in [0, 0.1) is 0 Å². The number of nitrogens with zero attached hydrogens (tertiary/aromatic N) is 3. The van der Waals surface area contributed by atoms with Crippen molar-refractivity contribution in [3.63, 3.8) is 0 Å². The number of methoxy groups -OCH3 is 1. The Labute approximate surface area is 272 Å². The van der Waals surface area contributed by atoms with E-state index in [2.05, 4.69) is 25.6 Å². The van der Waals surface area contributed by atoms with Crippen LogP contribution in [-0.4, -0.2) is 76.3 Å². The van der Waals surface area contributed by atoms with E-state index in [-0.39, 0.29) is 30.7 Å². The van der Waals surface area contributed by atoms with E-state index >= 15 is 0 Å². The average Bonchev–Trinajstić information content (AvgIpc) is 3.76. The zero-order valence-corrected chi connectivity index (χ0v) is 26.4. The fourth-order valence-electron chi connectivity index (χ4n) is 5.84. The third-order valence-electron chi connectivity index (χ3n) is 8.33. The Balaban J connectivity index is 1.10. The third kappa shape index (κ3) is 8.04. The van der Waals surface area contributed by atoms with Gasteiger partial charge < -0.3 is 36.7 Å². The lowest BCUT2D eigenvalue weighted by molar-refractivity contribution is -0.143. The Morgan fingerprint density at radius 3 is 2.38 bits per heavy atom. The first kappa shape index (κ1) is 32.9. The number of aromatic nitrogens is 3. The second-order valence-electron chi connectivity index (χ2n) is 11.5. The molecule has 5 rings (SSSR count). The zero-order valence-electron chi connectivity index (χ0n) is 26.4. The number of amides is 3. The number of hydrogen-bond acceptors (Lipinski definition) is 9. The van der Waals surface area contributed by atoms with E-state index in [1.165, 1.54) is 7.11 Å². The van der Waals surface area contributed by atoms with Gasteiger partial charge in [-0.1, -0.05) is 24.3 Å². The number of fused-ring (bicyclic) bond motifs is 1. The van der Waals surface area contributed by atoms with E-state index in [1.54, 1.807) is 41.3 Å². The van der Waals surface area contributed by atoms with Crippen molar-refractivity contribution in [2.24, 2.45) is 0 Å². The molecule has 4 aromatic rings. The number of carbonyl (C=O) groups excluding carboxylic acids is 4. The maximum atomic E-state index is 13.0. The molecular formula is C34H40N8O5. The number of rotatable bonds is 13. The lowest BCUT2D eigenvalue weighted by Gasteiger charge is -2.18. The van der Waals surface area contributed by atoms with E-state index in [4.69, 9.17) is 16.2 Å². The first-order valence-electron chi connectivity index (χ1n) is 15.8. The monoisotopic (exact) mass is 640 g/mol. The Kier molecular flexibility index (Phi) is 10.7. The molecule has 1 aliphatic heterocycles. The number of nitrogen functional groups attached to an aromatic ring is 2. The maximum Gasteiger partial charge on any atom is 0.328 e. The second-order valence-corrected chi connectivity index (χ2v) is 11.5. The molecule has 0 unspecified atom stereocenters. The van der Waals surface area contributed by atoms with Crippen LogP contribution in [0.1, 0.15) is 74.3 Å². The van der Waals surface area contributed by atoms with Gasteiger partial charge in [-0.05, 0) is 80.3 Å². The van der Waals surface area contributed by atoms with E-state index in [1.807, 2.05) is 18.3 Å². The highest BCUT2D eigenvalue weighted by Gasteiger charge is 2.25. The Morgan fingerprint density at radius 1 is 0.936 bits per heavy atom. The van der Waals surface area contributed by atoms with Crippen molar-refractivity contribution in [1.29, 1.82) is 0 Å². The van der Waals surface area contributed by atoms with Crippen molar-refractivity contribution in [3.05, 3.63) is 82.5 Å². The summed E-state index contributed by atoms with van der Waals surface area (Å²) < 4.78 is 4.91. The van der Waals surface area contributed by atoms with Gasteiger partial charge in [0.15, 0.2) is 0 Å². The molecule has 47 heavy (non-hydrogen) atoms. The van der Waals surface area contributed by atoms with Gasteiger partial charge in [0.25, 0.3) is 17.7 Å². The molecule has 13 nitrogen and oxygen atoms in total. The highest BCUT2D eigenvalue weighted by molar-refractivity contribution is 6.07. The maximum absolute atomic E-state index is 13.0. The summed E-state index contributed by atoms with van der Waals surface area (Å²) in [6, 6.07) is 13.1. The molecule has 1 saturated heterocycles. The number of benzene rings is 2. The van der Waals surface area contributed by atoms with Crippen LogP contribution in [0.3, 0.4) is 0 Å². The summed E-state index contributed by atoms with van der Waals surface area (Å²) in [6.45, 7) is 1.63. The molecule has 7 N–H and O–H groups in total. The van der Waals surface area contributed by atoms with E-state index in [9.17, 15) is 19.2 Å². The lowest BCUT2D eigenvalue weighted by Crippen LogP contribution is -2.42. The fraction of sp³-hybridized carbons (Fsp3) is 0.353. The SMILES string of the molecule is COC(=O)[C@H](CCCNC(=O)c1ccccc1C(=O)N1CCCC1)NC(=O)c1ccc(CCCc2c[nH]c3nc(N)nc(N)c23)cc1. The predicted molar refractivity (Wildman–Crippen MR) is 178 cm³/mol. The van der Waals surface area contributed by atoms with Crippen LogP contribution in [-0.2, 0) is 22.4 Å². The molecule has 13 heteroatoms. The lowest BCUT2D eigenvalue weighted by atomic mass is 10.0. The number of aryl methyl sites for hydroxylation is 2. The number of ether oxygens (including phenoxy) is 1. The van der Waals surface area contributed by atoms with Crippen molar-refractivity contribution in [2.45, 2.75) is 51.0 Å². The first-order chi connectivity index (χ1) is 22.7. The molecule has 246 valence electrons. The molecule has 3 heterocycles. The van der Waals surface area contributed by atoms with Gasteiger partial charge in [0.2, 0.25) is 5.95 Å². The van der Waals surface area contributed by atoms with Crippen LogP contribution >= 0.6 is 0 Å². The van der Waals surface area contributed by atoms with Crippen LogP contribution in [0.15, 0.2) is 54.7 Å². The number of nitrogens with two attached hydrogens (primary N) is 2. The molecule has 3 amide bonds. The standard InChI is InChI=1S/C34H40N8O5/c1-47-33(46)26(12-7-17-37-31(44)24-10-2-3-11-25(24)32(45)42-18-4-5-19-42)39-30(43)22-15-13-21(14-16-22)8-6-9-23-20-38-29-27(23)28(35)40-34(36)41-29/h2-3,10-11,13-16,20,26H,4-9,12,17-19H2,1H3,(H,37,44)(H,39,43)(H5,35,36,38,40,41)/t26-/m0/s1. The van der Waals surface area contributed by atoms with Gasteiger partial charge in [-0.3, -0.25) is 14.4 Å². The van der Waals surface area contributed by atoms with Crippen LogP contribution in [0.5, 0.6) is 0 Å². The summed E-state index contributed by atoms with van der Waals surface area (Å²) in [7, 11) is 1.26. The number of hydrogen-bond donors (Lipinski definition) is 5. The quantitative estimate of drug-likeness (QED) is 0.108. The van der Waals surface area contributed by atoms with Crippen molar-refractivity contribution in [1.82, 2.24) is 30.5 Å². The summed E-state index contributed by atoms with van der Waals surface area (Å²) >= 11 is 0. The number of carbonyl (C=O) groups is 4. The molecule has 2 aromatic heterocycles. The number of esters is 1. The zero-order chi connectivity index (χ0) is 33.3. The van der Waals surface area contributed by atoms with E-state index in [0.29, 0.717) is 47.7 Å². The smallest absolute Gasteiger partial charge is 0.328 e. The molecule has 1 fully saturated rings. The predicted octanol–water partition coefficient (Wildman–Crippen LogP) is 3.02. The summed E-state index contributed by atoms with van der Waals surface area (Å²) in [6.07, 6.45) is 6.80. The van der Waals surface area contributed by atoms with Gasteiger partial charge >= 0.3 is 5.97 Å². The molecular weight excluding hydrogens is 600 g/mol. The van der Waals surface area contributed by atoms with Crippen molar-refractivity contribution < 1.29 is 23.9 Å². The minimum Gasteiger partial charge on any atom is -0.467 e. The van der Waals surface area contributed by atoms with Gasteiger partial charge in [-0.15, -0.1) is 0 Å². The largest absolute Gasteiger partial charge is 0.467 e. The van der Waals surface area contributed by atoms with Gasteiger partial charge in [0.05, 0.1) is 23.6 Å². The second kappa shape index (κ2) is 15.2. The third-order valence-corrected chi connectivity index (χ3v) is 8.33. The van der Waals surface area contributed by atoms with Gasteiger partial charge in [-0.25, -0.2) is 4.79 Å². The van der Waals surface area contributed by atoms with Crippen LogP contribution in [0.4, 0.5) is 11.8 Å². The molecule has 2 aromatic carbocycles. The number of H-pyrrole nitrogens is 1. The van der Waals surface area contributed by atoms with Crippen LogP contribution in [0.25, 0.3) is 11.0 Å². The van der Waals surface area contributed by atoms with Gasteiger partial charge in [0, 0.05) is 31.4 Å². The number of nitrogens with one attached hydrogen (secondary N) is 3. The average molecular weight is 641 g/mol. The number of aromatic amines is 1. The molecule has 1 atom stereocenters. The molecule has 0 saturated carbocycles. The minimum atomic E-state index is -0.893. The molecule has 0 radical (unpaired) electrons. The number of likely N-dealkylation sites (tertiary alicyclic amines) is 1. The topological polar surface area (TPSA) is 198 Å². The Morgan fingerprint density at radius 2 is 1.66 bits per heavy atom.